The van der Waals surface area contributed by atoms with Crippen LogP contribution < -0.4 is 0 Å². The Balaban J connectivity index is -0.000000224. The lowest BCUT2D eigenvalue weighted by atomic mass is 10.4. The molecular weight excluding hydrogens is 333 g/mol. The van der Waals surface area contributed by atoms with E-state index >= 15 is 0 Å². The molecule has 0 atom stereocenters. The average Bonchev–Trinajstić information content (AvgIpc) is 2.39. The van der Waals surface area contributed by atoms with Gasteiger partial charge in [0.2, 0.25) is 0 Å². The van der Waals surface area contributed by atoms with E-state index in [2.05, 4.69) is 43.6 Å². The second-order valence-electron chi connectivity index (χ2n) is 2.77. The Morgan fingerprint density at radius 2 is 1.55 bits per heavy atom. The van der Waals surface area contributed by atoms with Crippen molar-refractivity contribution in [3.05, 3.63) is 30.3 Å². The molecule has 9 heteroatoms. The summed E-state index contributed by atoms with van der Waals surface area (Å²) in [6, 6.07) is 10.3. The Bertz CT molecular complexity index is 333. The topological polar surface area (TPSA) is 68.8 Å². The molecule has 0 saturated carbocycles. The van der Waals surface area contributed by atoms with Gasteiger partial charge in [-0.15, -0.1) is 11.8 Å². The minimum Gasteiger partial charge on any atom is -0.475 e. The average molecular weight is 350 g/mol. The molecular formula is C11H17F3O3S3. The predicted octanol–water partition coefficient (Wildman–Crippen LogP) is 3.06. The fourth-order valence-electron chi connectivity index (χ4n) is 0.557. The van der Waals surface area contributed by atoms with Crippen molar-refractivity contribution in [3.63, 3.8) is 0 Å². The number of carboxylic acid groups (broad SMARTS) is 1. The number of carbonyl (C=O) groups is 1. The van der Waals surface area contributed by atoms with Crippen molar-refractivity contribution in [1.29, 1.82) is 0 Å². The summed E-state index contributed by atoms with van der Waals surface area (Å²) in [5.74, 6) is -1.00. The highest BCUT2D eigenvalue weighted by molar-refractivity contribution is 7.98. The van der Waals surface area contributed by atoms with Crippen molar-refractivity contribution in [2.45, 2.75) is 11.1 Å². The van der Waals surface area contributed by atoms with E-state index in [4.69, 9.17) is 9.90 Å². The van der Waals surface area contributed by atoms with Crippen LogP contribution in [0, 0.1) is 0 Å². The third-order valence-corrected chi connectivity index (χ3v) is 2.86. The first kappa shape index (κ1) is 24.5. The Hall–Kier alpha value is -0.510. The molecule has 0 radical (unpaired) electrons. The molecule has 0 fully saturated rings. The maximum Gasteiger partial charge on any atom is 0.490 e. The van der Waals surface area contributed by atoms with E-state index in [0.29, 0.717) is 0 Å². The van der Waals surface area contributed by atoms with E-state index in [0.717, 1.165) is 11.5 Å². The van der Waals surface area contributed by atoms with Crippen LogP contribution in [0.2, 0.25) is 0 Å². The highest BCUT2D eigenvalue weighted by Gasteiger charge is 2.38. The van der Waals surface area contributed by atoms with Crippen LogP contribution >= 0.6 is 37.0 Å². The minimum atomic E-state index is -5.08. The van der Waals surface area contributed by atoms with E-state index in [1.54, 1.807) is 11.8 Å². The van der Waals surface area contributed by atoms with Gasteiger partial charge in [0.05, 0.1) is 0 Å². The zero-order valence-corrected chi connectivity index (χ0v) is 13.2. The molecule has 0 bridgehead atoms. The molecule has 1 rings (SSSR count). The molecule has 0 amide bonds. The SMILES string of the molecule is CSc1ccccc1.O.O=C(O)C(F)(F)F.SCCS. The third-order valence-electron chi connectivity index (χ3n) is 1.32. The van der Waals surface area contributed by atoms with Crippen LogP contribution in [0.4, 0.5) is 13.2 Å². The van der Waals surface area contributed by atoms with Crippen molar-refractivity contribution in [2.24, 2.45) is 0 Å². The van der Waals surface area contributed by atoms with E-state index in [9.17, 15) is 13.2 Å². The number of rotatable bonds is 2. The maximum absolute atomic E-state index is 10.6. The van der Waals surface area contributed by atoms with E-state index in [1.807, 2.05) is 18.2 Å². The molecule has 0 aromatic heterocycles. The fourth-order valence-corrected chi connectivity index (χ4v) is 0.986. The lowest BCUT2D eigenvalue weighted by Gasteiger charge is -1.93. The quantitative estimate of drug-likeness (QED) is 0.567. The number of thioether (sulfide) groups is 1. The molecule has 0 aliphatic heterocycles. The monoisotopic (exact) mass is 350 g/mol. The van der Waals surface area contributed by atoms with Crippen LogP contribution in [0.1, 0.15) is 0 Å². The second kappa shape index (κ2) is 14.9. The minimum absolute atomic E-state index is 0. The molecule has 3 nitrogen and oxygen atoms in total. The summed E-state index contributed by atoms with van der Waals surface area (Å²) in [5.41, 5.74) is 0. The summed E-state index contributed by atoms with van der Waals surface area (Å²) in [6.45, 7) is 0. The van der Waals surface area contributed by atoms with Gasteiger partial charge in [0, 0.05) is 4.90 Å². The highest BCUT2D eigenvalue weighted by atomic mass is 32.2. The standard InChI is InChI=1S/C7H8S.C2HF3O2.C2H6S2.H2O/c1-8-7-5-3-2-4-6-7;3-2(4,5)1(6)7;3-1-2-4;/h2-6H,1H3;(H,6,7);3-4H,1-2H2;1H2. The summed E-state index contributed by atoms with van der Waals surface area (Å²) in [6.07, 6.45) is -3.00. The number of halogens is 3. The normalized spacial score (nSPS) is 9.10. The first-order valence-electron chi connectivity index (χ1n) is 4.90. The Labute approximate surface area is 131 Å². The molecule has 0 spiro atoms. The largest absolute Gasteiger partial charge is 0.490 e. The predicted molar refractivity (Wildman–Crippen MR) is 83.2 cm³/mol. The molecule has 3 N–H and O–H groups in total. The fraction of sp³-hybridized carbons (Fsp3) is 0.364. The number of benzene rings is 1. The van der Waals surface area contributed by atoms with Crippen LogP contribution in [-0.4, -0.2) is 40.5 Å². The van der Waals surface area contributed by atoms with Crippen molar-refractivity contribution >= 4 is 43.0 Å². The first-order chi connectivity index (χ1) is 8.79. The molecule has 0 aliphatic carbocycles. The van der Waals surface area contributed by atoms with Crippen molar-refractivity contribution < 1.29 is 28.5 Å². The van der Waals surface area contributed by atoms with Gasteiger partial charge in [-0.3, -0.25) is 0 Å². The van der Waals surface area contributed by atoms with Gasteiger partial charge < -0.3 is 10.6 Å². The zero-order valence-electron chi connectivity index (χ0n) is 10.6. The number of thiol groups is 2. The summed E-state index contributed by atoms with van der Waals surface area (Å²) in [4.78, 5) is 10.2. The van der Waals surface area contributed by atoms with Gasteiger partial charge in [0.25, 0.3) is 0 Å². The molecule has 1 aromatic rings. The van der Waals surface area contributed by atoms with Crippen LogP contribution in [-0.2, 0) is 4.79 Å². The summed E-state index contributed by atoms with van der Waals surface area (Å²) < 4.78 is 31.7. The molecule has 1 aromatic carbocycles. The van der Waals surface area contributed by atoms with Crippen molar-refractivity contribution in [3.8, 4) is 0 Å². The van der Waals surface area contributed by atoms with Gasteiger partial charge in [-0.2, -0.15) is 38.4 Å². The summed E-state index contributed by atoms with van der Waals surface area (Å²) in [7, 11) is 0. The first-order valence-corrected chi connectivity index (χ1v) is 7.39. The Kier molecular flexibility index (Phi) is 18.2. The van der Waals surface area contributed by atoms with Gasteiger partial charge >= 0.3 is 12.1 Å². The molecule has 0 aliphatic rings. The molecule has 0 saturated heterocycles. The number of carboxylic acids is 1. The van der Waals surface area contributed by atoms with Crippen LogP contribution in [0.5, 0.6) is 0 Å². The Morgan fingerprint density at radius 3 is 1.70 bits per heavy atom. The van der Waals surface area contributed by atoms with Crippen LogP contribution in [0.15, 0.2) is 35.2 Å². The summed E-state index contributed by atoms with van der Waals surface area (Å²) in [5, 5.41) is 7.12. The van der Waals surface area contributed by atoms with E-state index < -0.39 is 12.1 Å². The Morgan fingerprint density at radius 1 is 1.20 bits per heavy atom. The molecule has 0 heterocycles. The second-order valence-corrected chi connectivity index (χ2v) is 4.54. The highest BCUT2D eigenvalue weighted by Crippen LogP contribution is 2.13. The van der Waals surface area contributed by atoms with Crippen molar-refractivity contribution in [2.75, 3.05) is 17.8 Å². The summed E-state index contributed by atoms with van der Waals surface area (Å²) >= 11 is 9.46. The molecule has 118 valence electrons. The number of aliphatic carboxylic acids is 1. The molecule has 20 heavy (non-hydrogen) atoms. The number of hydrogen-bond donors (Lipinski definition) is 3. The number of hydrogen-bond acceptors (Lipinski definition) is 4. The van der Waals surface area contributed by atoms with Gasteiger partial charge in [-0.05, 0) is 29.9 Å². The van der Waals surface area contributed by atoms with Crippen LogP contribution in [0.3, 0.4) is 0 Å². The lowest BCUT2D eigenvalue weighted by molar-refractivity contribution is -0.192. The molecule has 0 unspecified atom stereocenters. The van der Waals surface area contributed by atoms with Gasteiger partial charge in [-0.1, -0.05) is 18.2 Å². The van der Waals surface area contributed by atoms with Crippen molar-refractivity contribution in [1.82, 2.24) is 0 Å². The van der Waals surface area contributed by atoms with E-state index in [1.165, 1.54) is 4.90 Å². The van der Waals surface area contributed by atoms with Gasteiger partial charge in [0.15, 0.2) is 0 Å². The van der Waals surface area contributed by atoms with Crippen LogP contribution in [0.25, 0.3) is 0 Å². The van der Waals surface area contributed by atoms with E-state index in [-0.39, 0.29) is 5.48 Å². The number of alkyl halides is 3. The van der Waals surface area contributed by atoms with Gasteiger partial charge in [0.1, 0.15) is 0 Å². The maximum atomic E-state index is 10.6. The zero-order chi connectivity index (χ0) is 15.3. The lowest BCUT2D eigenvalue weighted by Crippen LogP contribution is -2.21. The smallest absolute Gasteiger partial charge is 0.475 e. The van der Waals surface area contributed by atoms with Gasteiger partial charge in [-0.25, -0.2) is 4.79 Å². The third kappa shape index (κ3) is 17.5.